The van der Waals surface area contributed by atoms with E-state index in [0.29, 0.717) is 5.92 Å². The molecular weight excluding hydrogens is 198 g/mol. The Kier molecular flexibility index (Phi) is 2.20. The van der Waals surface area contributed by atoms with Gasteiger partial charge in [0.15, 0.2) is 5.65 Å². The van der Waals surface area contributed by atoms with Crippen molar-refractivity contribution in [3.63, 3.8) is 0 Å². The van der Waals surface area contributed by atoms with Gasteiger partial charge in [0, 0.05) is 11.8 Å². The molecule has 3 nitrogen and oxygen atoms in total. The summed E-state index contributed by atoms with van der Waals surface area (Å²) >= 11 is 0. The molecule has 0 amide bonds. The van der Waals surface area contributed by atoms with Crippen LogP contribution in [0.4, 0.5) is 0 Å². The predicted octanol–water partition coefficient (Wildman–Crippen LogP) is 2.73. The molecule has 0 unspecified atom stereocenters. The van der Waals surface area contributed by atoms with Crippen molar-refractivity contribution >= 4 is 5.65 Å². The van der Waals surface area contributed by atoms with Crippen molar-refractivity contribution in [2.45, 2.75) is 45.4 Å². The van der Waals surface area contributed by atoms with Crippen LogP contribution in [0.25, 0.3) is 5.65 Å². The van der Waals surface area contributed by atoms with Gasteiger partial charge in [-0.2, -0.15) is 5.10 Å². The van der Waals surface area contributed by atoms with Gasteiger partial charge in [-0.05, 0) is 42.7 Å². The van der Waals surface area contributed by atoms with E-state index in [9.17, 15) is 0 Å². The van der Waals surface area contributed by atoms with Crippen LogP contribution >= 0.6 is 0 Å². The highest BCUT2D eigenvalue weighted by Crippen LogP contribution is 2.30. The Hall–Kier alpha value is -1.38. The Bertz CT molecular complexity index is 525. The maximum Gasteiger partial charge on any atom is 0.158 e. The summed E-state index contributed by atoms with van der Waals surface area (Å²) in [5.74, 6) is 0.570. The quantitative estimate of drug-likeness (QED) is 0.732. The van der Waals surface area contributed by atoms with Crippen molar-refractivity contribution < 1.29 is 0 Å². The molecule has 1 aliphatic rings. The molecule has 0 bridgehead atoms. The second-order valence-corrected chi connectivity index (χ2v) is 4.93. The smallest absolute Gasteiger partial charge is 0.158 e. The fourth-order valence-electron chi connectivity index (χ4n) is 2.74. The Labute approximate surface area is 95.5 Å². The van der Waals surface area contributed by atoms with Crippen LogP contribution < -0.4 is 0 Å². The van der Waals surface area contributed by atoms with Crippen LogP contribution in [0.3, 0.4) is 0 Å². The van der Waals surface area contributed by atoms with Gasteiger partial charge in [0.25, 0.3) is 0 Å². The van der Waals surface area contributed by atoms with Gasteiger partial charge in [-0.25, -0.2) is 9.50 Å². The number of pyridine rings is 1. The van der Waals surface area contributed by atoms with Crippen LogP contribution in [0, 0.1) is 0 Å². The molecule has 0 aliphatic heterocycles. The van der Waals surface area contributed by atoms with E-state index in [2.05, 4.69) is 30.1 Å². The number of fused-ring (bicyclic) bond motifs is 3. The molecule has 0 spiro atoms. The van der Waals surface area contributed by atoms with Gasteiger partial charge in [-0.15, -0.1) is 0 Å². The van der Waals surface area contributed by atoms with Crippen LogP contribution in [-0.4, -0.2) is 14.6 Å². The van der Waals surface area contributed by atoms with Crippen molar-refractivity contribution in [2.24, 2.45) is 0 Å². The molecule has 2 aromatic heterocycles. The molecule has 1 aliphatic carbocycles. The second kappa shape index (κ2) is 3.58. The van der Waals surface area contributed by atoms with E-state index in [0.717, 1.165) is 12.1 Å². The zero-order chi connectivity index (χ0) is 11.1. The number of hydrogen-bond acceptors (Lipinski definition) is 2. The molecule has 16 heavy (non-hydrogen) atoms. The van der Waals surface area contributed by atoms with Crippen molar-refractivity contribution in [3.8, 4) is 0 Å². The highest BCUT2D eigenvalue weighted by Gasteiger charge is 2.19. The standard InChI is InChI=1S/C13H17N3/c1-9(2)12-7-16-13(14-8-15-16)11-6-4-3-5-10(11)12/h7-9H,3-6H2,1-2H3. The van der Waals surface area contributed by atoms with Gasteiger partial charge in [0.05, 0.1) is 0 Å². The minimum absolute atomic E-state index is 0.570. The van der Waals surface area contributed by atoms with Gasteiger partial charge < -0.3 is 0 Å². The first-order valence-corrected chi connectivity index (χ1v) is 6.11. The fourth-order valence-corrected chi connectivity index (χ4v) is 2.74. The topological polar surface area (TPSA) is 30.2 Å². The molecule has 3 heteroatoms. The molecule has 0 aromatic carbocycles. The molecule has 84 valence electrons. The molecule has 3 rings (SSSR count). The normalized spacial score (nSPS) is 15.7. The van der Waals surface area contributed by atoms with Crippen LogP contribution in [0.1, 0.15) is 49.3 Å². The number of aryl methyl sites for hydroxylation is 1. The van der Waals surface area contributed by atoms with Gasteiger partial charge in [-0.1, -0.05) is 13.8 Å². The number of rotatable bonds is 1. The Morgan fingerprint density at radius 1 is 1.19 bits per heavy atom. The SMILES string of the molecule is CC(C)c1cn2ncnc2c2c1CCCC2. The van der Waals surface area contributed by atoms with E-state index in [1.807, 2.05) is 4.52 Å². The van der Waals surface area contributed by atoms with Crippen LogP contribution in [0.2, 0.25) is 0 Å². The predicted molar refractivity (Wildman–Crippen MR) is 63.7 cm³/mol. The third-order valence-corrected chi connectivity index (χ3v) is 3.54. The van der Waals surface area contributed by atoms with Crippen molar-refractivity contribution in [1.29, 1.82) is 0 Å². The minimum atomic E-state index is 0.570. The average molecular weight is 215 g/mol. The lowest BCUT2D eigenvalue weighted by Gasteiger charge is -2.21. The minimum Gasteiger partial charge on any atom is -0.221 e. The summed E-state index contributed by atoms with van der Waals surface area (Å²) in [7, 11) is 0. The lowest BCUT2D eigenvalue weighted by molar-refractivity contribution is 0.665. The number of hydrogen-bond donors (Lipinski definition) is 0. The van der Waals surface area contributed by atoms with E-state index in [1.54, 1.807) is 11.9 Å². The van der Waals surface area contributed by atoms with E-state index in [-0.39, 0.29) is 0 Å². The third-order valence-electron chi connectivity index (χ3n) is 3.54. The highest BCUT2D eigenvalue weighted by atomic mass is 15.3. The van der Waals surface area contributed by atoms with Crippen LogP contribution in [-0.2, 0) is 12.8 Å². The molecule has 0 atom stereocenters. The first kappa shape index (κ1) is 9.82. The molecule has 2 aromatic rings. The molecule has 0 saturated heterocycles. The molecule has 0 fully saturated rings. The average Bonchev–Trinajstić information content (AvgIpc) is 2.75. The summed E-state index contributed by atoms with van der Waals surface area (Å²) in [5, 5.41) is 4.28. The number of aromatic nitrogens is 3. The maximum atomic E-state index is 4.38. The Morgan fingerprint density at radius 3 is 2.69 bits per heavy atom. The zero-order valence-corrected chi connectivity index (χ0v) is 9.90. The maximum absolute atomic E-state index is 4.38. The Balaban J connectivity index is 2.33. The largest absolute Gasteiger partial charge is 0.221 e. The first-order valence-electron chi connectivity index (χ1n) is 6.11. The van der Waals surface area contributed by atoms with Gasteiger partial charge in [-0.3, -0.25) is 0 Å². The van der Waals surface area contributed by atoms with E-state index in [4.69, 9.17) is 0 Å². The molecular formula is C13H17N3. The number of nitrogens with zero attached hydrogens (tertiary/aromatic N) is 3. The van der Waals surface area contributed by atoms with Crippen molar-refractivity contribution in [3.05, 3.63) is 29.2 Å². The summed E-state index contributed by atoms with van der Waals surface area (Å²) in [6.45, 7) is 4.51. The molecule has 0 saturated carbocycles. The molecule has 0 N–H and O–H groups in total. The van der Waals surface area contributed by atoms with Crippen LogP contribution in [0.15, 0.2) is 12.5 Å². The summed E-state index contributed by atoms with van der Waals surface area (Å²) in [5.41, 5.74) is 5.50. The lowest BCUT2D eigenvalue weighted by atomic mass is 9.86. The van der Waals surface area contributed by atoms with Gasteiger partial charge in [0.1, 0.15) is 6.33 Å². The first-order chi connectivity index (χ1) is 7.77. The van der Waals surface area contributed by atoms with Gasteiger partial charge in [0.2, 0.25) is 0 Å². The zero-order valence-electron chi connectivity index (χ0n) is 9.90. The Morgan fingerprint density at radius 2 is 1.94 bits per heavy atom. The molecule has 2 heterocycles. The fraction of sp³-hybridized carbons (Fsp3) is 0.538. The molecule has 0 radical (unpaired) electrons. The van der Waals surface area contributed by atoms with Crippen LogP contribution in [0.5, 0.6) is 0 Å². The summed E-state index contributed by atoms with van der Waals surface area (Å²) in [4.78, 5) is 4.38. The lowest BCUT2D eigenvalue weighted by Crippen LogP contribution is -2.11. The summed E-state index contributed by atoms with van der Waals surface area (Å²) in [6, 6.07) is 0. The third kappa shape index (κ3) is 1.34. The van der Waals surface area contributed by atoms with E-state index >= 15 is 0 Å². The van der Waals surface area contributed by atoms with E-state index in [1.165, 1.54) is 30.4 Å². The summed E-state index contributed by atoms with van der Waals surface area (Å²) in [6.07, 6.45) is 8.81. The van der Waals surface area contributed by atoms with Crippen molar-refractivity contribution in [2.75, 3.05) is 0 Å². The second-order valence-electron chi connectivity index (χ2n) is 4.93. The summed E-state index contributed by atoms with van der Waals surface area (Å²) < 4.78 is 1.94. The highest BCUT2D eigenvalue weighted by molar-refractivity contribution is 5.55. The van der Waals surface area contributed by atoms with Crippen molar-refractivity contribution in [1.82, 2.24) is 14.6 Å². The van der Waals surface area contributed by atoms with E-state index < -0.39 is 0 Å². The monoisotopic (exact) mass is 215 g/mol. The van der Waals surface area contributed by atoms with Gasteiger partial charge >= 0.3 is 0 Å².